The quantitative estimate of drug-likeness (QED) is 0.898. The van der Waals surface area contributed by atoms with E-state index < -0.39 is 0 Å². The normalized spacial score (nSPS) is 21.1. The summed E-state index contributed by atoms with van der Waals surface area (Å²) in [5.41, 5.74) is 2.48. The average molecular weight is 368 g/mol. The number of hydrogen-bond acceptors (Lipinski definition) is 5. The second-order valence-electron chi connectivity index (χ2n) is 7.47. The molecular weight excluding hydrogens is 344 g/mol. The number of aromatic hydroxyl groups is 1. The van der Waals surface area contributed by atoms with Crippen LogP contribution < -0.4 is 0 Å². The molecule has 6 nitrogen and oxygen atoms in total. The van der Waals surface area contributed by atoms with Crippen molar-refractivity contribution in [2.24, 2.45) is 0 Å². The molecule has 0 unspecified atom stereocenters. The summed E-state index contributed by atoms with van der Waals surface area (Å²) in [7, 11) is 0. The summed E-state index contributed by atoms with van der Waals surface area (Å²) in [5.74, 6) is 0.0262. The second-order valence-corrected chi connectivity index (χ2v) is 7.47. The lowest BCUT2D eigenvalue weighted by Gasteiger charge is -2.53. The van der Waals surface area contributed by atoms with Gasteiger partial charge in [0.15, 0.2) is 0 Å². The molecule has 0 saturated carbocycles. The molecule has 2 saturated heterocycles. The third kappa shape index (κ3) is 3.82. The van der Waals surface area contributed by atoms with Crippen LogP contribution in [0.3, 0.4) is 0 Å². The van der Waals surface area contributed by atoms with Crippen molar-refractivity contribution in [1.82, 2.24) is 9.88 Å². The Balaban J connectivity index is 1.33. The minimum absolute atomic E-state index is 0.0749. The number of likely N-dealkylation sites (tertiary alicyclic amines) is 1. The van der Waals surface area contributed by atoms with Gasteiger partial charge in [0.05, 0.1) is 25.8 Å². The predicted octanol–water partition coefficient (Wildman–Crippen LogP) is 2.69. The highest BCUT2D eigenvalue weighted by Gasteiger charge is 2.49. The summed E-state index contributed by atoms with van der Waals surface area (Å²) in [6.45, 7) is 4.38. The smallest absolute Gasteiger partial charge is 0.254 e. The zero-order valence-corrected chi connectivity index (χ0v) is 15.4. The Morgan fingerprint density at radius 3 is 3.04 bits per heavy atom. The molecule has 1 aromatic heterocycles. The van der Waals surface area contributed by atoms with E-state index in [-0.39, 0.29) is 23.4 Å². The van der Waals surface area contributed by atoms with Crippen molar-refractivity contribution in [2.75, 3.05) is 19.7 Å². The van der Waals surface area contributed by atoms with Crippen LogP contribution in [0.25, 0.3) is 0 Å². The zero-order chi connectivity index (χ0) is 18.9. The fourth-order valence-electron chi connectivity index (χ4n) is 3.82. The highest BCUT2D eigenvalue weighted by Crippen LogP contribution is 2.36. The van der Waals surface area contributed by atoms with Crippen LogP contribution in [0.5, 0.6) is 5.75 Å². The first-order valence-corrected chi connectivity index (χ1v) is 9.28. The molecule has 4 rings (SSSR count). The minimum atomic E-state index is -0.306. The number of amides is 1. The number of phenols is 1. The van der Waals surface area contributed by atoms with Crippen LogP contribution in [0.15, 0.2) is 42.7 Å². The van der Waals surface area contributed by atoms with E-state index in [0.717, 1.165) is 18.4 Å². The number of hydrogen-bond donors (Lipinski definition) is 1. The number of aromatic nitrogens is 1. The summed E-state index contributed by atoms with van der Waals surface area (Å²) in [5, 5.41) is 9.57. The Kier molecular flexibility index (Phi) is 4.85. The van der Waals surface area contributed by atoms with Crippen molar-refractivity contribution in [2.45, 2.75) is 38.1 Å². The number of nitrogens with zero attached hydrogens (tertiary/aromatic N) is 2. The molecular formula is C21H24N2O4. The number of pyridine rings is 1. The van der Waals surface area contributed by atoms with E-state index in [2.05, 4.69) is 11.9 Å². The van der Waals surface area contributed by atoms with Crippen LogP contribution in [0, 0.1) is 6.92 Å². The van der Waals surface area contributed by atoms with Crippen molar-refractivity contribution in [3.63, 3.8) is 0 Å². The number of benzene rings is 1. The van der Waals surface area contributed by atoms with Gasteiger partial charge in [-0.05, 0) is 48.7 Å². The molecule has 2 aromatic rings. The molecule has 142 valence electrons. The molecule has 2 aliphatic rings. The molecule has 0 bridgehead atoms. The van der Waals surface area contributed by atoms with Gasteiger partial charge in [-0.25, -0.2) is 0 Å². The molecule has 3 heterocycles. The zero-order valence-electron chi connectivity index (χ0n) is 15.4. The molecule has 1 amide bonds. The van der Waals surface area contributed by atoms with Gasteiger partial charge < -0.3 is 19.5 Å². The van der Waals surface area contributed by atoms with Gasteiger partial charge in [-0.3, -0.25) is 9.78 Å². The average Bonchev–Trinajstić information content (AvgIpc) is 2.65. The Labute approximate surface area is 158 Å². The van der Waals surface area contributed by atoms with Crippen LogP contribution in [-0.4, -0.2) is 52.3 Å². The topological polar surface area (TPSA) is 71.9 Å². The molecule has 0 aliphatic carbocycles. The summed E-state index contributed by atoms with van der Waals surface area (Å²) in [6, 6.07) is 8.44. The third-order valence-corrected chi connectivity index (χ3v) is 5.41. The largest absolute Gasteiger partial charge is 0.508 e. The standard InChI is InChI=1S/C21H24N2O4/c1-15-5-7-22-11-17(15)12-26-19-6-8-27-21(10-19)13-23(14-21)20(25)16-3-2-4-18(24)9-16/h2-5,7,9,11,19,24H,6,8,10,12-14H2,1H3/t19-/m1/s1. The maximum atomic E-state index is 12.6. The number of aryl methyl sites for hydroxylation is 1. The number of rotatable bonds is 4. The van der Waals surface area contributed by atoms with E-state index in [0.29, 0.717) is 31.9 Å². The fraction of sp³-hybridized carbons (Fsp3) is 0.429. The first-order valence-electron chi connectivity index (χ1n) is 9.28. The molecule has 1 spiro atoms. The van der Waals surface area contributed by atoms with Gasteiger partial charge in [0.25, 0.3) is 5.91 Å². The van der Waals surface area contributed by atoms with Crippen LogP contribution in [0.4, 0.5) is 0 Å². The number of ether oxygens (including phenoxy) is 2. The maximum absolute atomic E-state index is 12.6. The van der Waals surface area contributed by atoms with Gasteiger partial charge in [-0.2, -0.15) is 0 Å². The van der Waals surface area contributed by atoms with Crippen LogP contribution >= 0.6 is 0 Å². The highest BCUT2D eigenvalue weighted by molar-refractivity contribution is 5.95. The lowest BCUT2D eigenvalue weighted by atomic mass is 9.84. The number of carbonyl (C=O) groups is 1. The first kappa shape index (κ1) is 17.9. The Morgan fingerprint density at radius 1 is 1.41 bits per heavy atom. The maximum Gasteiger partial charge on any atom is 0.254 e. The molecule has 1 N–H and O–H groups in total. The number of carbonyl (C=O) groups excluding carboxylic acids is 1. The molecule has 2 fully saturated rings. The third-order valence-electron chi connectivity index (χ3n) is 5.41. The van der Waals surface area contributed by atoms with E-state index >= 15 is 0 Å². The molecule has 1 atom stereocenters. The molecule has 0 radical (unpaired) electrons. The van der Waals surface area contributed by atoms with Crippen LogP contribution in [0.2, 0.25) is 0 Å². The van der Waals surface area contributed by atoms with Gasteiger partial charge in [0.2, 0.25) is 0 Å². The van der Waals surface area contributed by atoms with Gasteiger partial charge in [0, 0.05) is 31.0 Å². The van der Waals surface area contributed by atoms with E-state index in [9.17, 15) is 9.90 Å². The Morgan fingerprint density at radius 2 is 2.26 bits per heavy atom. The lowest BCUT2D eigenvalue weighted by molar-refractivity contribution is -0.188. The molecule has 6 heteroatoms. The molecule has 2 aliphatic heterocycles. The Bertz CT molecular complexity index is 832. The van der Waals surface area contributed by atoms with Crippen molar-refractivity contribution in [3.05, 3.63) is 59.4 Å². The SMILES string of the molecule is Cc1ccncc1CO[C@@H]1CCOC2(C1)CN(C(=O)c1cccc(O)c1)C2. The molecule has 27 heavy (non-hydrogen) atoms. The Hall–Kier alpha value is -2.44. The van der Waals surface area contributed by atoms with E-state index in [1.54, 1.807) is 29.3 Å². The summed E-state index contributed by atoms with van der Waals surface area (Å²) < 4.78 is 12.1. The minimum Gasteiger partial charge on any atom is -0.508 e. The van der Waals surface area contributed by atoms with Crippen molar-refractivity contribution >= 4 is 5.91 Å². The monoisotopic (exact) mass is 368 g/mol. The van der Waals surface area contributed by atoms with E-state index in [4.69, 9.17) is 9.47 Å². The van der Waals surface area contributed by atoms with E-state index in [1.165, 1.54) is 11.6 Å². The number of phenolic OH excluding ortho intramolecular Hbond substituents is 1. The van der Waals surface area contributed by atoms with Crippen molar-refractivity contribution < 1.29 is 19.4 Å². The summed E-state index contributed by atoms with van der Waals surface area (Å²) in [4.78, 5) is 18.5. The first-order chi connectivity index (χ1) is 13.0. The van der Waals surface area contributed by atoms with Gasteiger partial charge in [-0.1, -0.05) is 6.07 Å². The highest BCUT2D eigenvalue weighted by atomic mass is 16.5. The van der Waals surface area contributed by atoms with Gasteiger partial charge in [-0.15, -0.1) is 0 Å². The van der Waals surface area contributed by atoms with Crippen molar-refractivity contribution in [3.8, 4) is 5.75 Å². The van der Waals surface area contributed by atoms with Crippen LogP contribution in [0.1, 0.15) is 34.3 Å². The summed E-state index contributed by atoms with van der Waals surface area (Å²) >= 11 is 0. The van der Waals surface area contributed by atoms with Crippen LogP contribution in [-0.2, 0) is 16.1 Å². The second kappa shape index (κ2) is 7.29. The van der Waals surface area contributed by atoms with Crippen molar-refractivity contribution in [1.29, 1.82) is 0 Å². The fourth-order valence-corrected chi connectivity index (χ4v) is 3.82. The lowest BCUT2D eigenvalue weighted by Crippen LogP contribution is -2.67. The summed E-state index contributed by atoms with van der Waals surface area (Å²) in [6.07, 6.45) is 5.41. The van der Waals surface area contributed by atoms with Gasteiger partial charge >= 0.3 is 0 Å². The molecule has 1 aromatic carbocycles. The predicted molar refractivity (Wildman–Crippen MR) is 99.5 cm³/mol. The van der Waals surface area contributed by atoms with Gasteiger partial charge in [0.1, 0.15) is 11.4 Å². The van der Waals surface area contributed by atoms with E-state index in [1.807, 2.05) is 12.3 Å².